The molecule has 2 N–H and O–H groups in total. The van der Waals surface area contributed by atoms with Crippen molar-refractivity contribution in [2.45, 2.75) is 84.8 Å². The van der Waals surface area contributed by atoms with Gasteiger partial charge in [0.2, 0.25) is 0 Å². The molecule has 212 valence electrons. The average Bonchev–Trinajstić information content (AvgIpc) is 3.25. The highest BCUT2D eigenvalue weighted by molar-refractivity contribution is 6.40. The average molecular weight is 580 g/mol. The monoisotopic (exact) mass is 578 g/mol. The van der Waals surface area contributed by atoms with Gasteiger partial charge >= 0.3 is 5.97 Å². The number of nitrogens with one attached hydrogen (secondary N) is 2. The molecule has 1 aliphatic rings. The number of carbonyl (C=O) groups is 4. The third-order valence-electron chi connectivity index (χ3n) is 6.46. The molecule has 1 fully saturated rings. The Morgan fingerprint density at radius 1 is 1.05 bits per heavy atom. The van der Waals surface area contributed by atoms with E-state index in [1.54, 1.807) is 26.8 Å². The maximum Gasteiger partial charge on any atom is 0.307 e. The van der Waals surface area contributed by atoms with E-state index < -0.39 is 35.2 Å². The van der Waals surface area contributed by atoms with Crippen molar-refractivity contribution in [3.8, 4) is 0 Å². The first-order valence-electron chi connectivity index (χ1n) is 13.2. The molecular weight excluding hydrogens is 543 g/mol. The Morgan fingerprint density at radius 2 is 1.67 bits per heavy atom. The van der Waals surface area contributed by atoms with Crippen molar-refractivity contribution in [2.75, 3.05) is 5.32 Å². The molecule has 2 amide bonds. The van der Waals surface area contributed by atoms with Crippen LogP contribution in [0.2, 0.25) is 10.0 Å². The molecule has 0 aliphatic heterocycles. The first-order valence-corrected chi connectivity index (χ1v) is 13.9. The second-order valence-electron chi connectivity index (χ2n) is 11.2. The Balaban J connectivity index is 1.93. The summed E-state index contributed by atoms with van der Waals surface area (Å²) >= 11 is 12.4. The zero-order valence-corrected chi connectivity index (χ0v) is 24.5. The largest absolute Gasteiger partial charge is 0.460 e. The van der Waals surface area contributed by atoms with Crippen LogP contribution in [0.15, 0.2) is 24.4 Å². The topological polar surface area (TPSA) is 119 Å². The fourth-order valence-electron chi connectivity index (χ4n) is 4.49. The summed E-state index contributed by atoms with van der Waals surface area (Å²) in [5.41, 5.74) is -0.763. The zero-order chi connectivity index (χ0) is 28.9. The Kier molecular flexibility index (Phi) is 10.2. The number of nitrogens with zero attached hydrogens (tertiary/aromatic N) is 2. The standard InChI is InChI=1S/C28H36Cl2N4O5/c1-16(2)18(14-22(35)39-28(3,4)5)27(38)34-15-21(32-25(36)23-19(29)12-9-13-20(23)30)24(33-34)26(37)31-17-10-7-6-8-11-17/h9,12-13,15-18H,6-8,10-11,14H2,1-5H3,(H,31,37)(H,32,36)/t18-/m0/s1. The first-order chi connectivity index (χ1) is 18.3. The van der Waals surface area contributed by atoms with Crippen molar-refractivity contribution in [1.29, 1.82) is 0 Å². The van der Waals surface area contributed by atoms with Gasteiger partial charge in [0.15, 0.2) is 5.69 Å². The predicted molar refractivity (Wildman–Crippen MR) is 150 cm³/mol. The summed E-state index contributed by atoms with van der Waals surface area (Å²) in [4.78, 5) is 52.5. The third-order valence-corrected chi connectivity index (χ3v) is 7.09. The lowest BCUT2D eigenvalue weighted by Crippen LogP contribution is -2.37. The number of carbonyl (C=O) groups excluding carboxylic acids is 4. The van der Waals surface area contributed by atoms with Crippen molar-refractivity contribution in [2.24, 2.45) is 11.8 Å². The highest BCUT2D eigenvalue weighted by Crippen LogP contribution is 2.27. The van der Waals surface area contributed by atoms with E-state index in [2.05, 4.69) is 15.7 Å². The molecule has 1 aliphatic carbocycles. The number of amides is 2. The number of anilines is 1. The Bertz CT molecular complexity index is 1210. The molecule has 0 saturated heterocycles. The molecule has 1 atom stereocenters. The van der Waals surface area contributed by atoms with E-state index in [1.807, 2.05) is 13.8 Å². The minimum Gasteiger partial charge on any atom is -0.460 e. The molecule has 1 aromatic heterocycles. The van der Waals surface area contributed by atoms with Gasteiger partial charge < -0.3 is 15.4 Å². The quantitative estimate of drug-likeness (QED) is 0.362. The molecule has 11 heteroatoms. The van der Waals surface area contributed by atoms with Crippen LogP contribution < -0.4 is 10.6 Å². The van der Waals surface area contributed by atoms with Gasteiger partial charge in [-0.05, 0) is 51.7 Å². The molecule has 3 rings (SSSR count). The molecule has 39 heavy (non-hydrogen) atoms. The van der Waals surface area contributed by atoms with Crippen LogP contribution in [0, 0.1) is 11.8 Å². The van der Waals surface area contributed by atoms with Crippen LogP contribution in [0.1, 0.15) is 98.8 Å². The smallest absolute Gasteiger partial charge is 0.307 e. The molecule has 1 saturated carbocycles. The molecule has 0 bridgehead atoms. The minimum absolute atomic E-state index is 0.0238. The highest BCUT2D eigenvalue weighted by atomic mass is 35.5. The lowest BCUT2D eigenvalue weighted by molar-refractivity contribution is -0.156. The second kappa shape index (κ2) is 13.0. The van der Waals surface area contributed by atoms with Gasteiger partial charge in [0.1, 0.15) is 5.60 Å². The van der Waals surface area contributed by atoms with E-state index in [1.165, 1.54) is 18.3 Å². The fraction of sp³-hybridized carbons (Fsp3) is 0.536. The Labute approximate surface area is 238 Å². The molecule has 0 spiro atoms. The van der Waals surface area contributed by atoms with Gasteiger partial charge in [-0.1, -0.05) is 62.4 Å². The van der Waals surface area contributed by atoms with Crippen LogP contribution in [0.5, 0.6) is 0 Å². The van der Waals surface area contributed by atoms with E-state index in [4.69, 9.17) is 27.9 Å². The van der Waals surface area contributed by atoms with Crippen molar-refractivity contribution in [3.05, 3.63) is 45.7 Å². The molecular formula is C28H36Cl2N4O5. The maximum atomic E-state index is 13.5. The van der Waals surface area contributed by atoms with Crippen LogP contribution in [-0.2, 0) is 9.53 Å². The number of halogens is 2. The van der Waals surface area contributed by atoms with Gasteiger partial charge in [-0.2, -0.15) is 5.10 Å². The second-order valence-corrected chi connectivity index (χ2v) is 12.0. The normalized spacial score (nSPS) is 15.1. The van der Waals surface area contributed by atoms with E-state index >= 15 is 0 Å². The van der Waals surface area contributed by atoms with Crippen LogP contribution in [-0.4, -0.2) is 45.1 Å². The van der Waals surface area contributed by atoms with Crippen molar-refractivity contribution < 1.29 is 23.9 Å². The molecule has 9 nitrogen and oxygen atoms in total. The lowest BCUT2D eigenvalue weighted by atomic mass is 9.91. The summed E-state index contributed by atoms with van der Waals surface area (Å²) in [5.74, 6) is -3.18. The first kappa shape index (κ1) is 30.6. The fourth-order valence-corrected chi connectivity index (χ4v) is 5.06. The van der Waals surface area contributed by atoms with Crippen molar-refractivity contribution in [3.63, 3.8) is 0 Å². The summed E-state index contributed by atoms with van der Waals surface area (Å²) in [6.45, 7) is 8.89. The lowest BCUT2D eigenvalue weighted by Gasteiger charge is -2.23. The number of aromatic nitrogens is 2. The van der Waals surface area contributed by atoms with Crippen LogP contribution in [0.25, 0.3) is 0 Å². The van der Waals surface area contributed by atoms with Crippen molar-refractivity contribution in [1.82, 2.24) is 15.1 Å². The van der Waals surface area contributed by atoms with Gasteiger partial charge in [0, 0.05) is 6.04 Å². The summed E-state index contributed by atoms with van der Waals surface area (Å²) in [5, 5.41) is 10.2. The van der Waals surface area contributed by atoms with E-state index in [-0.39, 0.29) is 45.4 Å². The number of rotatable bonds is 8. The van der Waals surface area contributed by atoms with Gasteiger partial charge in [0.25, 0.3) is 17.7 Å². The molecule has 0 radical (unpaired) electrons. The molecule has 1 heterocycles. The molecule has 0 unspecified atom stereocenters. The summed E-state index contributed by atoms with van der Waals surface area (Å²) < 4.78 is 6.42. The number of ether oxygens (including phenoxy) is 1. The Morgan fingerprint density at radius 3 is 2.23 bits per heavy atom. The molecule has 2 aromatic rings. The minimum atomic E-state index is -0.768. The number of hydrogen-bond acceptors (Lipinski definition) is 6. The van der Waals surface area contributed by atoms with Gasteiger partial charge in [-0.25, -0.2) is 4.68 Å². The number of hydrogen-bond donors (Lipinski definition) is 2. The summed E-state index contributed by atoms with van der Waals surface area (Å²) in [6.07, 6.45) is 5.94. The third kappa shape index (κ3) is 8.29. The summed E-state index contributed by atoms with van der Waals surface area (Å²) in [6, 6.07) is 4.63. The zero-order valence-electron chi connectivity index (χ0n) is 23.0. The number of esters is 1. The van der Waals surface area contributed by atoms with Gasteiger partial charge in [0.05, 0.1) is 39.8 Å². The van der Waals surface area contributed by atoms with E-state index in [0.29, 0.717) is 0 Å². The predicted octanol–water partition coefficient (Wildman–Crippen LogP) is 6.15. The maximum absolute atomic E-state index is 13.5. The van der Waals surface area contributed by atoms with Crippen LogP contribution in [0.3, 0.4) is 0 Å². The van der Waals surface area contributed by atoms with Crippen molar-refractivity contribution >= 4 is 52.6 Å². The Hall–Kier alpha value is -2.91. The van der Waals surface area contributed by atoms with Crippen LogP contribution >= 0.6 is 23.2 Å². The molecule has 1 aromatic carbocycles. The van der Waals surface area contributed by atoms with Gasteiger partial charge in [-0.3, -0.25) is 19.2 Å². The van der Waals surface area contributed by atoms with Gasteiger partial charge in [-0.15, -0.1) is 0 Å². The SMILES string of the molecule is CC(C)[C@H](CC(=O)OC(C)(C)C)C(=O)n1cc(NC(=O)c2c(Cl)cccc2Cl)c(C(=O)NC2CCCCC2)n1. The van der Waals surface area contributed by atoms with Crippen LogP contribution in [0.4, 0.5) is 5.69 Å². The number of benzene rings is 1. The highest BCUT2D eigenvalue weighted by Gasteiger charge is 2.32. The summed E-state index contributed by atoms with van der Waals surface area (Å²) in [7, 11) is 0. The van der Waals surface area contributed by atoms with E-state index in [0.717, 1.165) is 36.8 Å². The van der Waals surface area contributed by atoms with E-state index in [9.17, 15) is 19.2 Å².